The van der Waals surface area contributed by atoms with Crippen molar-refractivity contribution in [3.8, 4) is 11.3 Å². The number of aromatic carboxylic acids is 1. The molecule has 0 spiro atoms. The van der Waals surface area contributed by atoms with Gasteiger partial charge in [0, 0.05) is 5.56 Å². The Kier molecular flexibility index (Phi) is 4.94. The first-order valence-corrected chi connectivity index (χ1v) is 8.49. The molecule has 1 aromatic carbocycles. The lowest BCUT2D eigenvalue weighted by atomic mass is 10.1. The van der Waals surface area contributed by atoms with Crippen molar-refractivity contribution in [1.82, 2.24) is 10.6 Å². The third-order valence-electron chi connectivity index (χ3n) is 3.64. The summed E-state index contributed by atoms with van der Waals surface area (Å²) in [5.74, 6) is -1.05. The Bertz CT molecular complexity index is 989. The van der Waals surface area contributed by atoms with Gasteiger partial charge in [-0.15, -0.1) is 11.3 Å². The van der Waals surface area contributed by atoms with E-state index in [0.717, 1.165) is 16.9 Å². The van der Waals surface area contributed by atoms with Crippen LogP contribution in [0.3, 0.4) is 0 Å². The van der Waals surface area contributed by atoms with E-state index in [-0.39, 0.29) is 4.88 Å². The molecule has 2 heterocycles. The average Bonchev–Trinajstić information content (AvgIpc) is 3.27. The van der Waals surface area contributed by atoms with Gasteiger partial charge in [-0.25, -0.2) is 10.2 Å². The summed E-state index contributed by atoms with van der Waals surface area (Å²) in [4.78, 5) is 24.4. The fourth-order valence-corrected chi connectivity index (χ4v) is 3.12. The van der Waals surface area contributed by atoms with Crippen LogP contribution in [-0.4, -0.2) is 27.9 Å². The zero-order valence-corrected chi connectivity index (χ0v) is 14.8. The van der Waals surface area contributed by atoms with E-state index in [0.29, 0.717) is 27.6 Å². The third kappa shape index (κ3) is 3.55. The Morgan fingerprint density at radius 2 is 1.85 bits per heavy atom. The number of carbonyl (C=O) groups is 2. The van der Waals surface area contributed by atoms with Crippen LogP contribution in [0, 0.1) is 6.92 Å². The van der Waals surface area contributed by atoms with Gasteiger partial charge in [0.25, 0.3) is 5.91 Å². The van der Waals surface area contributed by atoms with E-state index < -0.39 is 11.9 Å². The monoisotopic (exact) mass is 369 g/mol. The van der Waals surface area contributed by atoms with E-state index in [1.807, 2.05) is 30.3 Å². The maximum absolute atomic E-state index is 12.6. The summed E-state index contributed by atoms with van der Waals surface area (Å²) in [5.41, 5.74) is 4.50. The van der Waals surface area contributed by atoms with Crippen molar-refractivity contribution < 1.29 is 19.2 Å². The molecule has 0 bridgehead atoms. The lowest BCUT2D eigenvalue weighted by molar-refractivity contribution is 0.0702. The molecule has 0 aliphatic carbocycles. The zero-order valence-electron chi connectivity index (χ0n) is 14.0. The number of hydrogen-bond acceptors (Lipinski definition) is 6. The number of carbonyl (C=O) groups excluding carboxylic acids is 1. The van der Waals surface area contributed by atoms with Crippen LogP contribution in [0.1, 0.15) is 37.6 Å². The Morgan fingerprint density at radius 3 is 2.50 bits per heavy atom. The van der Waals surface area contributed by atoms with Gasteiger partial charge in [0.05, 0.1) is 10.6 Å². The number of nitrogens with zero attached hydrogens (tertiary/aromatic N) is 2. The number of nitrogens with one attached hydrogen (secondary N) is 1. The highest BCUT2D eigenvalue weighted by Gasteiger charge is 2.21. The zero-order chi connectivity index (χ0) is 18.7. The standard InChI is InChI=1S/C18H15N3O4S/c1-10(13-8-9-14(26-13)18(23)24)19-20-17(22)15-11(2)25-21-16(15)12-6-4-3-5-7-12/h3-9H,1-2H3,(H,20,22)(H,23,24). The summed E-state index contributed by atoms with van der Waals surface area (Å²) in [7, 11) is 0. The van der Waals surface area contributed by atoms with Gasteiger partial charge >= 0.3 is 5.97 Å². The molecule has 0 radical (unpaired) electrons. The second kappa shape index (κ2) is 7.32. The van der Waals surface area contributed by atoms with Gasteiger partial charge in [0.2, 0.25) is 0 Å². The van der Waals surface area contributed by atoms with Crippen LogP contribution in [0.4, 0.5) is 0 Å². The number of aryl methyl sites for hydroxylation is 1. The minimum Gasteiger partial charge on any atom is -0.477 e. The van der Waals surface area contributed by atoms with Crippen molar-refractivity contribution >= 4 is 28.9 Å². The molecule has 132 valence electrons. The molecule has 0 aliphatic rings. The molecule has 0 aliphatic heterocycles. The van der Waals surface area contributed by atoms with E-state index >= 15 is 0 Å². The number of rotatable bonds is 5. The molecular weight excluding hydrogens is 354 g/mol. The van der Waals surface area contributed by atoms with Gasteiger partial charge in [-0.2, -0.15) is 5.10 Å². The lowest BCUT2D eigenvalue weighted by Gasteiger charge is -2.03. The quantitative estimate of drug-likeness (QED) is 0.528. The Morgan fingerprint density at radius 1 is 1.15 bits per heavy atom. The maximum Gasteiger partial charge on any atom is 0.345 e. The van der Waals surface area contributed by atoms with Crippen LogP contribution in [0.2, 0.25) is 0 Å². The molecule has 2 N–H and O–H groups in total. The molecule has 0 atom stereocenters. The van der Waals surface area contributed by atoms with Gasteiger partial charge in [0.1, 0.15) is 21.9 Å². The fraction of sp³-hybridized carbons (Fsp3) is 0.111. The van der Waals surface area contributed by atoms with Gasteiger partial charge in [-0.3, -0.25) is 4.79 Å². The SMILES string of the molecule is CC(=NNC(=O)c1c(-c2ccccc2)noc1C)c1ccc(C(=O)O)s1. The molecule has 0 saturated carbocycles. The predicted octanol–water partition coefficient (Wildman–Crippen LogP) is 3.56. The van der Waals surface area contributed by atoms with Crippen molar-refractivity contribution in [2.45, 2.75) is 13.8 Å². The molecule has 3 rings (SSSR count). The third-order valence-corrected chi connectivity index (χ3v) is 4.82. The highest BCUT2D eigenvalue weighted by atomic mass is 32.1. The van der Waals surface area contributed by atoms with Crippen LogP contribution in [-0.2, 0) is 0 Å². The molecule has 1 amide bonds. The number of carboxylic acids is 1. The number of hydrogen-bond donors (Lipinski definition) is 2. The molecule has 0 saturated heterocycles. The van der Waals surface area contributed by atoms with E-state index in [9.17, 15) is 9.59 Å². The Hall–Kier alpha value is -3.26. The highest BCUT2D eigenvalue weighted by molar-refractivity contribution is 7.15. The second-order valence-corrected chi connectivity index (χ2v) is 6.52. The summed E-state index contributed by atoms with van der Waals surface area (Å²) in [6, 6.07) is 12.4. The minimum atomic E-state index is -0.995. The summed E-state index contributed by atoms with van der Waals surface area (Å²) in [6.07, 6.45) is 0. The van der Waals surface area contributed by atoms with E-state index in [1.165, 1.54) is 6.07 Å². The number of thiophene rings is 1. The fourth-order valence-electron chi connectivity index (χ4n) is 2.33. The van der Waals surface area contributed by atoms with Gasteiger partial charge in [-0.05, 0) is 26.0 Å². The summed E-state index contributed by atoms with van der Waals surface area (Å²) >= 11 is 1.09. The van der Waals surface area contributed by atoms with Crippen molar-refractivity contribution in [2.75, 3.05) is 0 Å². The normalized spacial score (nSPS) is 11.4. The topological polar surface area (TPSA) is 105 Å². The maximum atomic E-state index is 12.6. The molecule has 7 nitrogen and oxygen atoms in total. The highest BCUT2D eigenvalue weighted by Crippen LogP contribution is 2.25. The summed E-state index contributed by atoms with van der Waals surface area (Å²) < 4.78 is 5.17. The Labute approximate surface area is 153 Å². The minimum absolute atomic E-state index is 0.210. The van der Waals surface area contributed by atoms with Crippen LogP contribution >= 0.6 is 11.3 Å². The van der Waals surface area contributed by atoms with Crippen LogP contribution in [0.15, 0.2) is 52.1 Å². The first-order chi connectivity index (χ1) is 12.5. The number of amides is 1. The lowest BCUT2D eigenvalue weighted by Crippen LogP contribution is -2.20. The largest absolute Gasteiger partial charge is 0.477 e. The number of aromatic nitrogens is 1. The first-order valence-electron chi connectivity index (χ1n) is 7.67. The number of hydrazone groups is 1. The van der Waals surface area contributed by atoms with Crippen molar-refractivity contribution in [3.05, 3.63) is 63.5 Å². The van der Waals surface area contributed by atoms with Crippen molar-refractivity contribution in [3.63, 3.8) is 0 Å². The van der Waals surface area contributed by atoms with Crippen LogP contribution in [0.25, 0.3) is 11.3 Å². The first kappa shape index (κ1) is 17.6. The van der Waals surface area contributed by atoms with E-state index in [4.69, 9.17) is 9.63 Å². The number of carboxylic acid groups (broad SMARTS) is 1. The molecule has 0 unspecified atom stereocenters. The van der Waals surface area contributed by atoms with Gasteiger partial charge in [0.15, 0.2) is 0 Å². The van der Waals surface area contributed by atoms with E-state index in [2.05, 4.69) is 15.7 Å². The smallest absolute Gasteiger partial charge is 0.345 e. The van der Waals surface area contributed by atoms with Gasteiger partial charge < -0.3 is 9.63 Å². The predicted molar refractivity (Wildman–Crippen MR) is 97.6 cm³/mol. The number of benzene rings is 1. The summed E-state index contributed by atoms with van der Waals surface area (Å²) in [5, 5.41) is 17.0. The molecule has 8 heteroatoms. The Balaban J connectivity index is 1.82. The molecule has 26 heavy (non-hydrogen) atoms. The van der Waals surface area contributed by atoms with Gasteiger partial charge in [-0.1, -0.05) is 35.5 Å². The van der Waals surface area contributed by atoms with Crippen molar-refractivity contribution in [1.29, 1.82) is 0 Å². The van der Waals surface area contributed by atoms with Crippen LogP contribution < -0.4 is 5.43 Å². The van der Waals surface area contributed by atoms with E-state index in [1.54, 1.807) is 19.9 Å². The molecular formula is C18H15N3O4S. The molecule has 3 aromatic rings. The van der Waals surface area contributed by atoms with Crippen LogP contribution in [0.5, 0.6) is 0 Å². The second-order valence-electron chi connectivity index (χ2n) is 5.44. The summed E-state index contributed by atoms with van der Waals surface area (Å²) in [6.45, 7) is 3.35. The van der Waals surface area contributed by atoms with Crippen molar-refractivity contribution in [2.24, 2.45) is 5.10 Å². The molecule has 2 aromatic heterocycles. The average molecular weight is 369 g/mol. The molecule has 0 fully saturated rings.